The van der Waals surface area contributed by atoms with Crippen molar-refractivity contribution in [2.24, 2.45) is 0 Å². The molecule has 0 N–H and O–H groups in total. The number of esters is 1. The summed E-state index contributed by atoms with van der Waals surface area (Å²) in [6.45, 7) is 1.27. The number of hydrogen-bond acceptors (Lipinski definition) is 2. The van der Waals surface area contributed by atoms with Crippen molar-refractivity contribution >= 4 is 28.6 Å². The third-order valence-electron chi connectivity index (χ3n) is 2.48. The number of carbonyl (C=O) groups is 1. The largest absolute Gasteiger partial charge is 0.466 e. The quantitative estimate of drug-likeness (QED) is 0.406. The normalized spacial score (nSPS) is 12.4. The highest BCUT2D eigenvalue weighted by atomic mass is 127. The monoisotopic (exact) mass is 426 g/mol. The first-order chi connectivity index (χ1) is 9.48. The molecule has 1 aromatic rings. The maximum Gasteiger partial charge on any atom is 0.417 e. The second kappa shape index (κ2) is 6.41. The minimum absolute atomic E-state index is 0.133. The van der Waals surface area contributed by atoms with Gasteiger partial charge in [0, 0.05) is 3.57 Å². The summed E-state index contributed by atoms with van der Waals surface area (Å²) >= 11 is 1.28. The molecule has 118 valence electrons. The molecule has 1 aromatic carbocycles. The van der Waals surface area contributed by atoms with Crippen molar-refractivity contribution < 1.29 is 35.9 Å². The maximum absolute atomic E-state index is 13.0. The highest BCUT2D eigenvalue weighted by molar-refractivity contribution is 14.1. The van der Waals surface area contributed by atoms with E-state index < -0.39 is 45.0 Å². The lowest BCUT2D eigenvalue weighted by Crippen LogP contribution is -2.21. The van der Waals surface area contributed by atoms with Gasteiger partial charge in [-0.15, -0.1) is 0 Å². The number of hydrogen-bond donors (Lipinski definition) is 0. The van der Waals surface area contributed by atoms with Crippen LogP contribution in [0, 0.1) is 3.57 Å². The highest BCUT2D eigenvalue weighted by Gasteiger charge is 2.42. The average molecular weight is 426 g/mol. The molecular formula is C12H9F6IO2. The van der Waals surface area contributed by atoms with Gasteiger partial charge >= 0.3 is 18.3 Å². The molecule has 21 heavy (non-hydrogen) atoms. The molecule has 0 saturated heterocycles. The summed E-state index contributed by atoms with van der Waals surface area (Å²) < 4.78 is 81.6. The van der Waals surface area contributed by atoms with Crippen molar-refractivity contribution in [2.45, 2.75) is 25.7 Å². The SMILES string of the molecule is CCOC(=O)Cc1c(C(F)(F)F)ccc(I)c1C(F)(F)F. The fraction of sp³-hybridized carbons (Fsp3) is 0.417. The topological polar surface area (TPSA) is 26.3 Å². The molecule has 0 aliphatic carbocycles. The van der Waals surface area contributed by atoms with E-state index in [1.807, 2.05) is 0 Å². The summed E-state index contributed by atoms with van der Waals surface area (Å²) in [5.41, 5.74) is -4.05. The Labute approximate surface area is 129 Å². The van der Waals surface area contributed by atoms with Crippen LogP contribution in [0.2, 0.25) is 0 Å². The molecule has 0 heterocycles. The van der Waals surface area contributed by atoms with Crippen molar-refractivity contribution in [2.75, 3.05) is 6.61 Å². The molecule has 0 fully saturated rings. The van der Waals surface area contributed by atoms with Gasteiger partial charge in [-0.3, -0.25) is 4.79 Å². The molecule has 1 rings (SSSR count). The summed E-state index contributed by atoms with van der Waals surface area (Å²) in [6, 6.07) is 1.26. The van der Waals surface area contributed by atoms with Gasteiger partial charge in [-0.1, -0.05) is 0 Å². The Hall–Kier alpha value is -1.00. The Bertz CT molecular complexity index is 536. The molecule has 0 radical (unpaired) electrons. The van der Waals surface area contributed by atoms with Crippen LogP contribution in [0.5, 0.6) is 0 Å². The van der Waals surface area contributed by atoms with E-state index in [2.05, 4.69) is 4.74 Å². The van der Waals surface area contributed by atoms with Crippen molar-refractivity contribution in [3.63, 3.8) is 0 Å². The summed E-state index contributed by atoms with van der Waals surface area (Å²) in [6.07, 6.45) is -11.1. The Morgan fingerprint density at radius 2 is 1.71 bits per heavy atom. The van der Waals surface area contributed by atoms with Crippen LogP contribution >= 0.6 is 22.6 Å². The van der Waals surface area contributed by atoms with Gasteiger partial charge in [-0.2, -0.15) is 26.3 Å². The van der Waals surface area contributed by atoms with Gasteiger partial charge < -0.3 is 4.74 Å². The first kappa shape index (κ1) is 18.1. The Balaban J connectivity index is 3.52. The molecule has 0 bridgehead atoms. The number of rotatable bonds is 3. The van der Waals surface area contributed by atoms with Crippen molar-refractivity contribution in [1.82, 2.24) is 0 Å². The van der Waals surface area contributed by atoms with Crippen molar-refractivity contribution in [1.29, 1.82) is 0 Å². The van der Waals surface area contributed by atoms with E-state index >= 15 is 0 Å². The summed E-state index contributed by atoms with van der Waals surface area (Å²) in [7, 11) is 0. The number of halogens is 7. The predicted octanol–water partition coefficient (Wildman–Crippen LogP) is 4.43. The van der Waals surface area contributed by atoms with E-state index in [-0.39, 0.29) is 6.61 Å². The van der Waals surface area contributed by atoms with E-state index in [0.29, 0.717) is 6.07 Å². The van der Waals surface area contributed by atoms with Crippen LogP contribution in [0.25, 0.3) is 0 Å². The molecule has 9 heteroatoms. The van der Waals surface area contributed by atoms with E-state index in [4.69, 9.17) is 0 Å². The van der Waals surface area contributed by atoms with Crippen LogP contribution in [0.3, 0.4) is 0 Å². The third-order valence-corrected chi connectivity index (χ3v) is 3.38. The second-order valence-corrected chi connectivity index (χ2v) is 5.09. The van der Waals surface area contributed by atoms with Gasteiger partial charge in [-0.05, 0) is 47.2 Å². The van der Waals surface area contributed by atoms with E-state index in [0.717, 1.165) is 6.07 Å². The predicted molar refractivity (Wildman–Crippen MR) is 69.5 cm³/mol. The fourth-order valence-corrected chi connectivity index (χ4v) is 2.54. The highest BCUT2D eigenvalue weighted by Crippen LogP contribution is 2.41. The molecule has 0 spiro atoms. The van der Waals surface area contributed by atoms with Crippen LogP contribution < -0.4 is 0 Å². The lowest BCUT2D eigenvalue weighted by Gasteiger charge is -2.19. The molecule has 0 aliphatic rings. The standard InChI is InChI=1S/C12H9F6IO2/c1-2-21-9(20)5-6-7(11(13,14)15)3-4-8(19)10(6)12(16,17)18/h3-4H,2,5H2,1H3. The van der Waals surface area contributed by atoms with Crippen molar-refractivity contribution in [3.05, 3.63) is 32.4 Å². The first-order valence-electron chi connectivity index (χ1n) is 5.59. The lowest BCUT2D eigenvalue weighted by atomic mass is 9.97. The average Bonchev–Trinajstić information content (AvgIpc) is 2.25. The maximum atomic E-state index is 13.0. The first-order valence-corrected chi connectivity index (χ1v) is 6.67. The van der Waals surface area contributed by atoms with Gasteiger partial charge in [0.25, 0.3) is 0 Å². The van der Waals surface area contributed by atoms with Crippen LogP contribution in [-0.2, 0) is 28.3 Å². The summed E-state index contributed by atoms with van der Waals surface area (Å²) in [4.78, 5) is 11.3. The van der Waals surface area contributed by atoms with E-state index in [9.17, 15) is 31.1 Å². The summed E-state index contributed by atoms with van der Waals surface area (Å²) in [5, 5.41) is 0. The molecule has 0 saturated carbocycles. The Morgan fingerprint density at radius 3 is 2.14 bits per heavy atom. The molecule has 2 nitrogen and oxygen atoms in total. The second-order valence-electron chi connectivity index (χ2n) is 3.93. The van der Waals surface area contributed by atoms with Crippen LogP contribution in [-0.4, -0.2) is 12.6 Å². The molecule has 0 atom stereocenters. The Morgan fingerprint density at radius 1 is 1.14 bits per heavy atom. The molecule has 0 aliphatic heterocycles. The molecular weight excluding hydrogens is 417 g/mol. The number of carbonyl (C=O) groups excluding carboxylic acids is 1. The zero-order valence-electron chi connectivity index (χ0n) is 10.5. The van der Waals surface area contributed by atoms with Gasteiger partial charge in [0.05, 0.1) is 24.2 Å². The Kier molecular flexibility index (Phi) is 5.51. The summed E-state index contributed by atoms with van der Waals surface area (Å²) in [5.74, 6) is -1.14. The van der Waals surface area contributed by atoms with Gasteiger partial charge in [-0.25, -0.2) is 0 Å². The van der Waals surface area contributed by atoms with Crippen molar-refractivity contribution in [3.8, 4) is 0 Å². The van der Waals surface area contributed by atoms with E-state index in [1.54, 1.807) is 0 Å². The zero-order valence-corrected chi connectivity index (χ0v) is 12.7. The minimum Gasteiger partial charge on any atom is -0.466 e. The zero-order chi connectivity index (χ0) is 16.4. The third kappa shape index (κ3) is 4.48. The number of benzene rings is 1. The van der Waals surface area contributed by atoms with Crippen LogP contribution in [0.4, 0.5) is 26.3 Å². The number of alkyl halides is 6. The fourth-order valence-electron chi connectivity index (χ4n) is 1.73. The van der Waals surface area contributed by atoms with Gasteiger partial charge in [0.2, 0.25) is 0 Å². The smallest absolute Gasteiger partial charge is 0.417 e. The van der Waals surface area contributed by atoms with Crippen LogP contribution in [0.1, 0.15) is 23.6 Å². The molecule has 0 unspecified atom stereocenters. The van der Waals surface area contributed by atoms with Crippen LogP contribution in [0.15, 0.2) is 12.1 Å². The molecule has 0 aromatic heterocycles. The van der Waals surface area contributed by atoms with Gasteiger partial charge in [0.1, 0.15) is 0 Å². The van der Waals surface area contributed by atoms with Gasteiger partial charge in [0.15, 0.2) is 0 Å². The lowest BCUT2D eigenvalue weighted by molar-refractivity contribution is -0.147. The molecule has 0 amide bonds. The minimum atomic E-state index is -5.00. The van der Waals surface area contributed by atoms with E-state index in [1.165, 1.54) is 29.5 Å². The number of ether oxygens (including phenoxy) is 1.